The van der Waals surface area contributed by atoms with Gasteiger partial charge in [-0.25, -0.2) is 0 Å². The zero-order chi connectivity index (χ0) is 14.5. The highest BCUT2D eigenvalue weighted by atomic mass is 15.1. The third-order valence-corrected chi connectivity index (χ3v) is 2.14. The van der Waals surface area contributed by atoms with E-state index in [0.717, 1.165) is 16.9 Å². The molecule has 0 unspecified atom stereocenters. The lowest BCUT2D eigenvalue weighted by Crippen LogP contribution is -1.70. The van der Waals surface area contributed by atoms with Crippen molar-refractivity contribution in [2.45, 2.75) is 34.6 Å². The highest BCUT2D eigenvalue weighted by Crippen LogP contribution is 2.20. The van der Waals surface area contributed by atoms with Gasteiger partial charge in [-0.2, -0.15) is 10.2 Å². The van der Waals surface area contributed by atoms with Crippen molar-refractivity contribution < 1.29 is 0 Å². The molecule has 0 aliphatic heterocycles. The minimum atomic E-state index is 0.876. The summed E-state index contributed by atoms with van der Waals surface area (Å²) in [5.41, 5.74) is 2.93. The minimum absolute atomic E-state index is 0.876. The fourth-order valence-electron chi connectivity index (χ4n) is 1.28. The second kappa shape index (κ2) is 11.1. The summed E-state index contributed by atoms with van der Waals surface area (Å²) < 4.78 is 0. The van der Waals surface area contributed by atoms with Crippen LogP contribution in [0.5, 0.6) is 0 Å². The molecule has 0 amide bonds. The average Bonchev–Trinajstić information content (AvgIpc) is 2.52. The van der Waals surface area contributed by atoms with Gasteiger partial charge >= 0.3 is 0 Å². The van der Waals surface area contributed by atoms with E-state index in [1.807, 2.05) is 89.2 Å². The molecule has 0 spiro atoms. The van der Waals surface area contributed by atoms with Gasteiger partial charge in [-0.3, -0.25) is 0 Å². The van der Waals surface area contributed by atoms with Gasteiger partial charge in [0.05, 0.1) is 11.4 Å². The van der Waals surface area contributed by atoms with Crippen LogP contribution in [0.1, 0.15) is 33.3 Å². The van der Waals surface area contributed by atoms with Gasteiger partial charge in [0.25, 0.3) is 0 Å². The summed E-state index contributed by atoms with van der Waals surface area (Å²) in [7, 11) is 0. The summed E-state index contributed by atoms with van der Waals surface area (Å²) in [6.07, 6.45) is 0. The highest BCUT2D eigenvalue weighted by molar-refractivity contribution is 5.45. The van der Waals surface area contributed by atoms with Gasteiger partial charge in [0.15, 0.2) is 0 Å². The molecule has 0 aliphatic rings. The summed E-state index contributed by atoms with van der Waals surface area (Å²) in [6.45, 7) is 10.0. The molecule has 2 nitrogen and oxygen atoms in total. The molecular formula is C17H24N2. The van der Waals surface area contributed by atoms with Crippen molar-refractivity contribution in [3.63, 3.8) is 0 Å². The van der Waals surface area contributed by atoms with Gasteiger partial charge < -0.3 is 0 Å². The molecule has 2 aromatic rings. The van der Waals surface area contributed by atoms with E-state index in [2.05, 4.69) is 10.2 Å². The molecule has 2 rings (SSSR count). The van der Waals surface area contributed by atoms with Crippen molar-refractivity contribution >= 4 is 11.4 Å². The zero-order valence-corrected chi connectivity index (χ0v) is 12.6. The highest BCUT2D eigenvalue weighted by Gasteiger charge is 1.93. The van der Waals surface area contributed by atoms with Crippen molar-refractivity contribution in [1.82, 2.24) is 0 Å². The summed E-state index contributed by atoms with van der Waals surface area (Å²) in [6, 6.07) is 17.7. The van der Waals surface area contributed by atoms with Crippen molar-refractivity contribution in [2.24, 2.45) is 10.2 Å². The molecule has 0 fully saturated rings. The smallest absolute Gasteiger partial charge is 0.0886 e. The Morgan fingerprint density at radius 1 is 0.632 bits per heavy atom. The molecular weight excluding hydrogens is 232 g/mol. The van der Waals surface area contributed by atoms with Gasteiger partial charge in [-0.15, -0.1) is 0 Å². The quantitative estimate of drug-likeness (QED) is 0.551. The van der Waals surface area contributed by atoms with Crippen LogP contribution in [0.2, 0.25) is 0 Å². The Labute approximate surface area is 117 Å². The second-order valence-corrected chi connectivity index (χ2v) is 3.32. The maximum Gasteiger partial charge on any atom is 0.0886 e. The Hall–Kier alpha value is -1.96. The predicted octanol–water partition coefficient (Wildman–Crippen LogP) is 6.46. The predicted molar refractivity (Wildman–Crippen MR) is 84.5 cm³/mol. The Bertz CT molecular complexity index is 462. The van der Waals surface area contributed by atoms with Crippen LogP contribution >= 0.6 is 0 Å². The van der Waals surface area contributed by atoms with Crippen LogP contribution in [0.4, 0.5) is 11.4 Å². The zero-order valence-electron chi connectivity index (χ0n) is 12.6. The summed E-state index contributed by atoms with van der Waals surface area (Å²) >= 11 is 0. The molecule has 0 radical (unpaired) electrons. The normalized spacial score (nSPS) is 9.11. The van der Waals surface area contributed by atoms with Crippen LogP contribution in [0, 0.1) is 6.92 Å². The molecule has 0 atom stereocenters. The van der Waals surface area contributed by atoms with E-state index in [1.165, 1.54) is 0 Å². The van der Waals surface area contributed by atoms with E-state index in [0.29, 0.717) is 0 Å². The van der Waals surface area contributed by atoms with Crippen LogP contribution in [0.15, 0.2) is 64.8 Å². The van der Waals surface area contributed by atoms with Crippen molar-refractivity contribution in [3.05, 3.63) is 60.2 Å². The van der Waals surface area contributed by atoms with Gasteiger partial charge in [0.2, 0.25) is 0 Å². The van der Waals surface area contributed by atoms with Crippen LogP contribution in [0.25, 0.3) is 0 Å². The first-order valence-electron chi connectivity index (χ1n) is 6.89. The minimum Gasteiger partial charge on any atom is -0.151 e. The number of hydrogen-bond acceptors (Lipinski definition) is 2. The van der Waals surface area contributed by atoms with Crippen LogP contribution in [-0.2, 0) is 0 Å². The molecule has 0 heterocycles. The summed E-state index contributed by atoms with van der Waals surface area (Å²) in [4.78, 5) is 0. The molecule has 0 saturated carbocycles. The lowest BCUT2D eigenvalue weighted by molar-refractivity contribution is 1.21. The van der Waals surface area contributed by atoms with Crippen LogP contribution in [-0.4, -0.2) is 0 Å². The lowest BCUT2D eigenvalue weighted by atomic mass is 10.2. The number of rotatable bonds is 2. The third-order valence-electron chi connectivity index (χ3n) is 2.14. The molecule has 0 N–H and O–H groups in total. The largest absolute Gasteiger partial charge is 0.151 e. The topological polar surface area (TPSA) is 24.7 Å². The number of azo groups is 1. The van der Waals surface area contributed by atoms with Gasteiger partial charge in [-0.1, -0.05) is 64.1 Å². The van der Waals surface area contributed by atoms with Crippen LogP contribution < -0.4 is 0 Å². The lowest BCUT2D eigenvalue weighted by Gasteiger charge is -1.96. The molecule has 2 heteroatoms. The SMILES string of the molecule is CC.CC.Cc1ccccc1N=Nc1ccccc1. The van der Waals surface area contributed by atoms with Crippen molar-refractivity contribution in [3.8, 4) is 0 Å². The Morgan fingerprint density at radius 3 is 1.74 bits per heavy atom. The van der Waals surface area contributed by atoms with Crippen molar-refractivity contribution in [1.29, 1.82) is 0 Å². The fourth-order valence-corrected chi connectivity index (χ4v) is 1.28. The van der Waals surface area contributed by atoms with Crippen LogP contribution in [0.3, 0.4) is 0 Å². The number of nitrogens with zero attached hydrogens (tertiary/aromatic N) is 2. The number of aryl methyl sites for hydroxylation is 1. The molecule has 0 aromatic heterocycles. The second-order valence-electron chi connectivity index (χ2n) is 3.32. The van der Waals surface area contributed by atoms with E-state index in [4.69, 9.17) is 0 Å². The van der Waals surface area contributed by atoms with Gasteiger partial charge in [0.1, 0.15) is 0 Å². The number of hydrogen-bond donors (Lipinski definition) is 0. The third kappa shape index (κ3) is 6.51. The maximum absolute atomic E-state index is 4.20. The monoisotopic (exact) mass is 256 g/mol. The average molecular weight is 256 g/mol. The van der Waals surface area contributed by atoms with E-state index < -0.39 is 0 Å². The van der Waals surface area contributed by atoms with E-state index in [1.54, 1.807) is 0 Å². The summed E-state index contributed by atoms with van der Waals surface area (Å²) in [5, 5.41) is 8.36. The molecule has 2 aromatic carbocycles. The van der Waals surface area contributed by atoms with Gasteiger partial charge in [-0.05, 0) is 30.7 Å². The molecule has 0 bridgehead atoms. The number of benzene rings is 2. The molecule has 19 heavy (non-hydrogen) atoms. The first kappa shape index (κ1) is 17.0. The first-order chi connectivity index (χ1) is 9.36. The van der Waals surface area contributed by atoms with Crippen molar-refractivity contribution in [2.75, 3.05) is 0 Å². The maximum atomic E-state index is 4.20. The van der Waals surface area contributed by atoms with E-state index in [-0.39, 0.29) is 0 Å². The molecule has 0 saturated heterocycles. The van der Waals surface area contributed by atoms with E-state index in [9.17, 15) is 0 Å². The first-order valence-corrected chi connectivity index (χ1v) is 6.89. The fraction of sp³-hybridized carbons (Fsp3) is 0.294. The standard InChI is InChI=1S/C13H12N2.2C2H6/c1-11-7-5-6-10-13(11)15-14-12-8-3-2-4-9-12;2*1-2/h2-10H,1H3;2*1-2H3. The van der Waals surface area contributed by atoms with E-state index >= 15 is 0 Å². The molecule has 102 valence electrons. The summed E-state index contributed by atoms with van der Waals surface area (Å²) in [5.74, 6) is 0. The Morgan fingerprint density at radius 2 is 1.16 bits per heavy atom. The van der Waals surface area contributed by atoms with Gasteiger partial charge in [0, 0.05) is 0 Å². The Kier molecular flexibility index (Phi) is 10.00. The Balaban J connectivity index is 0.000000741. The molecule has 0 aliphatic carbocycles.